The van der Waals surface area contributed by atoms with E-state index >= 15 is 0 Å². The average Bonchev–Trinajstić information content (AvgIpc) is 2.58. The van der Waals surface area contributed by atoms with Gasteiger partial charge in [-0.3, -0.25) is 0 Å². The highest BCUT2D eigenvalue weighted by Gasteiger charge is 2.18. The van der Waals surface area contributed by atoms with E-state index in [-0.39, 0.29) is 5.97 Å². The highest BCUT2D eigenvalue weighted by Crippen LogP contribution is 2.32. The van der Waals surface area contributed by atoms with Crippen LogP contribution in [0.15, 0.2) is 9.85 Å². The summed E-state index contributed by atoms with van der Waals surface area (Å²) in [5.74, 6) is -0.371. The molecule has 1 aromatic heterocycles. The number of esters is 1. The molecule has 1 N–H and O–H groups in total. The van der Waals surface area contributed by atoms with Crippen LogP contribution in [0.4, 0.5) is 5.00 Å². The Kier molecular flexibility index (Phi) is 4.69. The quantitative estimate of drug-likeness (QED) is 0.686. The van der Waals surface area contributed by atoms with Crippen molar-refractivity contribution in [3.8, 4) is 0 Å². The first kappa shape index (κ1) is 12.6. The van der Waals surface area contributed by atoms with Crippen molar-refractivity contribution in [1.29, 1.82) is 0 Å². The van der Waals surface area contributed by atoms with E-state index in [0.29, 0.717) is 10.6 Å². The third kappa shape index (κ3) is 2.99. The van der Waals surface area contributed by atoms with Gasteiger partial charge in [0.05, 0.1) is 12.1 Å². The molecule has 0 fully saturated rings. The van der Waals surface area contributed by atoms with Crippen molar-refractivity contribution in [3.63, 3.8) is 0 Å². The number of rotatable bonds is 3. The van der Waals surface area contributed by atoms with Crippen molar-refractivity contribution in [3.05, 3.63) is 15.4 Å². The Labute approximate surface area is 106 Å². The van der Waals surface area contributed by atoms with Crippen molar-refractivity contribution in [2.75, 3.05) is 12.4 Å². The van der Waals surface area contributed by atoms with Crippen LogP contribution in [-0.4, -0.2) is 18.1 Å². The monoisotopic (exact) mass is 307 g/mol. The van der Waals surface area contributed by atoms with Gasteiger partial charge >= 0.3 is 5.97 Å². The van der Waals surface area contributed by atoms with E-state index in [0.717, 1.165) is 15.9 Å². The molecule has 0 atom stereocenters. The van der Waals surface area contributed by atoms with Gasteiger partial charge in [-0.1, -0.05) is 19.1 Å². The summed E-state index contributed by atoms with van der Waals surface area (Å²) in [6.07, 6.45) is 0.742. The Balaban J connectivity index is 2.98. The molecule has 0 aromatic carbocycles. The van der Waals surface area contributed by atoms with Crippen LogP contribution in [0, 0.1) is 0 Å². The molecule has 0 radical (unpaired) electrons. The van der Waals surface area contributed by atoms with Crippen LogP contribution in [-0.2, 0) is 4.74 Å². The molecule has 0 bridgehead atoms. The van der Waals surface area contributed by atoms with Crippen LogP contribution in [0.1, 0.15) is 23.7 Å². The van der Waals surface area contributed by atoms with Gasteiger partial charge in [-0.15, -0.1) is 11.3 Å². The maximum atomic E-state index is 11.5. The number of thiocarbonyl (C=S) groups is 1. The lowest BCUT2D eigenvalue weighted by Gasteiger charge is -2.05. The molecule has 1 heterocycles. The van der Waals surface area contributed by atoms with Crippen LogP contribution in [0.2, 0.25) is 0 Å². The summed E-state index contributed by atoms with van der Waals surface area (Å²) in [6, 6.07) is 0. The van der Waals surface area contributed by atoms with E-state index < -0.39 is 0 Å². The Morgan fingerprint density at radius 2 is 2.40 bits per heavy atom. The second kappa shape index (κ2) is 5.58. The van der Waals surface area contributed by atoms with E-state index in [1.165, 1.54) is 18.4 Å². The topological polar surface area (TPSA) is 38.3 Å². The van der Waals surface area contributed by atoms with Crippen molar-refractivity contribution in [1.82, 2.24) is 0 Å². The van der Waals surface area contributed by atoms with Gasteiger partial charge < -0.3 is 10.1 Å². The molecule has 15 heavy (non-hydrogen) atoms. The number of nitrogens with one attached hydrogen (secondary N) is 1. The Hall–Kier alpha value is -0.460. The van der Waals surface area contributed by atoms with Gasteiger partial charge in [0.15, 0.2) is 0 Å². The third-order valence-electron chi connectivity index (χ3n) is 1.71. The van der Waals surface area contributed by atoms with E-state index in [2.05, 4.69) is 26.0 Å². The lowest BCUT2D eigenvalue weighted by molar-refractivity contribution is 0.0601. The van der Waals surface area contributed by atoms with E-state index in [1.54, 1.807) is 0 Å². The molecular formula is C9H10BrNO2S2. The summed E-state index contributed by atoms with van der Waals surface area (Å²) in [5, 5.41) is 5.56. The first-order valence-corrected chi connectivity index (χ1v) is 6.33. The number of hydrogen-bond donors (Lipinski definition) is 1. The van der Waals surface area contributed by atoms with Gasteiger partial charge in [0.1, 0.15) is 10.6 Å². The van der Waals surface area contributed by atoms with Gasteiger partial charge in [0.2, 0.25) is 0 Å². The van der Waals surface area contributed by atoms with Gasteiger partial charge in [0, 0.05) is 9.85 Å². The van der Waals surface area contributed by atoms with Crippen LogP contribution in [0.25, 0.3) is 0 Å². The summed E-state index contributed by atoms with van der Waals surface area (Å²) < 4.78 is 5.41. The Bertz CT molecular complexity index is 389. The van der Waals surface area contributed by atoms with Crippen LogP contribution >= 0.6 is 39.5 Å². The molecule has 0 saturated carbocycles. The Morgan fingerprint density at radius 3 is 2.93 bits per heavy atom. The molecule has 0 aliphatic rings. The fourth-order valence-corrected chi connectivity index (χ4v) is 2.71. The minimum Gasteiger partial charge on any atom is -0.465 e. The predicted molar refractivity (Wildman–Crippen MR) is 69.9 cm³/mol. The SMILES string of the molecule is CCC(=S)Nc1scc(Br)c1C(=O)OC. The van der Waals surface area contributed by atoms with E-state index in [9.17, 15) is 4.79 Å². The molecule has 0 aliphatic heterocycles. The number of anilines is 1. The fraction of sp³-hybridized carbons (Fsp3) is 0.333. The average molecular weight is 308 g/mol. The van der Waals surface area contributed by atoms with Crippen molar-refractivity contribution in [2.45, 2.75) is 13.3 Å². The van der Waals surface area contributed by atoms with E-state index in [1.807, 2.05) is 12.3 Å². The number of carbonyl (C=O) groups is 1. The first-order valence-electron chi connectivity index (χ1n) is 4.25. The molecule has 0 spiro atoms. The number of methoxy groups -OCH3 is 1. The van der Waals surface area contributed by atoms with Gasteiger partial charge in [-0.25, -0.2) is 4.79 Å². The second-order valence-electron chi connectivity index (χ2n) is 2.68. The van der Waals surface area contributed by atoms with Gasteiger partial charge in [-0.05, 0) is 22.4 Å². The minimum atomic E-state index is -0.371. The minimum absolute atomic E-state index is 0.371. The van der Waals surface area contributed by atoms with Crippen LogP contribution in [0.3, 0.4) is 0 Å². The van der Waals surface area contributed by atoms with E-state index in [4.69, 9.17) is 12.2 Å². The normalized spacial score (nSPS) is 9.80. The number of ether oxygens (including phenoxy) is 1. The number of thiophene rings is 1. The summed E-state index contributed by atoms with van der Waals surface area (Å²) >= 11 is 9.77. The zero-order valence-electron chi connectivity index (χ0n) is 8.30. The molecule has 1 aromatic rings. The molecule has 0 amide bonds. The van der Waals surface area contributed by atoms with Gasteiger partial charge in [-0.2, -0.15) is 0 Å². The highest BCUT2D eigenvalue weighted by molar-refractivity contribution is 9.10. The smallest absolute Gasteiger partial charge is 0.342 e. The molecule has 0 unspecified atom stereocenters. The zero-order chi connectivity index (χ0) is 11.4. The molecule has 1 rings (SSSR count). The first-order chi connectivity index (χ1) is 7.10. The summed E-state index contributed by atoms with van der Waals surface area (Å²) in [7, 11) is 1.36. The van der Waals surface area contributed by atoms with Crippen molar-refractivity contribution < 1.29 is 9.53 Å². The maximum absolute atomic E-state index is 11.5. The van der Waals surface area contributed by atoms with Crippen molar-refractivity contribution >= 4 is 55.4 Å². The number of carbonyl (C=O) groups excluding carboxylic acids is 1. The van der Waals surface area contributed by atoms with Crippen LogP contribution in [0.5, 0.6) is 0 Å². The predicted octanol–water partition coefficient (Wildman–Crippen LogP) is 3.45. The lowest BCUT2D eigenvalue weighted by Crippen LogP contribution is -2.10. The second-order valence-corrected chi connectivity index (χ2v) is 4.91. The molecule has 82 valence electrons. The van der Waals surface area contributed by atoms with Crippen molar-refractivity contribution in [2.24, 2.45) is 0 Å². The number of hydrogen-bond acceptors (Lipinski definition) is 4. The molecule has 0 aliphatic carbocycles. The zero-order valence-corrected chi connectivity index (χ0v) is 11.5. The third-order valence-corrected chi connectivity index (χ3v) is 3.92. The summed E-state index contributed by atoms with van der Waals surface area (Å²) in [5.41, 5.74) is 0.498. The molecule has 6 heteroatoms. The molecule has 0 saturated heterocycles. The largest absolute Gasteiger partial charge is 0.465 e. The summed E-state index contributed by atoms with van der Waals surface area (Å²) in [4.78, 5) is 12.2. The lowest BCUT2D eigenvalue weighted by atomic mass is 10.3. The van der Waals surface area contributed by atoms with Crippen LogP contribution < -0.4 is 5.32 Å². The Morgan fingerprint density at radius 1 is 1.73 bits per heavy atom. The molecular weight excluding hydrogens is 298 g/mol. The van der Waals surface area contributed by atoms with Gasteiger partial charge in [0.25, 0.3) is 0 Å². The fourth-order valence-electron chi connectivity index (χ4n) is 0.936. The highest BCUT2D eigenvalue weighted by atomic mass is 79.9. The standard InChI is InChI=1S/C9H10BrNO2S2/c1-3-6(14)11-8-7(9(12)13-2)5(10)4-15-8/h4H,3H2,1-2H3,(H,11,14). The summed E-state index contributed by atoms with van der Waals surface area (Å²) in [6.45, 7) is 1.95. The maximum Gasteiger partial charge on any atom is 0.342 e. The molecule has 3 nitrogen and oxygen atoms in total. The number of halogens is 1.